The maximum atomic E-state index is 12.6. The van der Waals surface area contributed by atoms with Crippen LogP contribution in [0.4, 0.5) is 0 Å². The van der Waals surface area contributed by atoms with Gasteiger partial charge in [0.05, 0.1) is 0 Å². The van der Waals surface area contributed by atoms with Gasteiger partial charge in [0.2, 0.25) is 0 Å². The summed E-state index contributed by atoms with van der Waals surface area (Å²) in [7, 11) is 0. The molecule has 0 N–H and O–H groups in total. The van der Waals surface area contributed by atoms with Gasteiger partial charge in [0, 0.05) is 70.5 Å². The average Bonchev–Trinajstić information content (AvgIpc) is 3.74. The fourth-order valence-corrected chi connectivity index (χ4v) is 9.08. The van der Waals surface area contributed by atoms with E-state index in [1.165, 1.54) is 11.1 Å². The molecule has 0 spiro atoms. The van der Waals surface area contributed by atoms with Gasteiger partial charge in [-0.3, -0.25) is 19.2 Å². The quantitative estimate of drug-likeness (QED) is 0.0639. The number of hydrogen-bond donors (Lipinski definition) is 0. The highest BCUT2D eigenvalue weighted by Crippen LogP contribution is 2.39. The largest absolute Gasteiger partial charge is 0.294 e. The maximum absolute atomic E-state index is 12.6. The van der Waals surface area contributed by atoms with Gasteiger partial charge >= 0.3 is 0 Å². The minimum Gasteiger partial charge on any atom is -0.294 e. The van der Waals surface area contributed by atoms with Gasteiger partial charge in [-0.1, -0.05) is 76.2 Å². The van der Waals surface area contributed by atoms with Crippen molar-refractivity contribution in [2.24, 2.45) is 23.7 Å². The zero-order valence-electron chi connectivity index (χ0n) is 32.9. The Bertz CT molecular complexity index is 1930. The van der Waals surface area contributed by atoms with E-state index in [9.17, 15) is 19.2 Å². The van der Waals surface area contributed by atoms with Crippen molar-refractivity contribution >= 4 is 69.5 Å². The molecule has 2 aliphatic carbocycles. The Morgan fingerprint density at radius 3 is 1.04 bits per heavy atom. The Morgan fingerprint density at radius 1 is 0.446 bits per heavy atom. The second-order valence-electron chi connectivity index (χ2n) is 15.7. The number of carbonyl (C=O) groups excluding carboxylic acids is 4. The summed E-state index contributed by atoms with van der Waals surface area (Å²) in [4.78, 5) is 50.4. The first-order chi connectivity index (χ1) is 26.9. The molecule has 0 aromatic heterocycles. The number of alkyl halides is 4. The normalized spacial score (nSPS) is 14.3. The van der Waals surface area contributed by atoms with Crippen LogP contribution in [0.3, 0.4) is 0 Å². The predicted molar refractivity (Wildman–Crippen MR) is 234 cm³/mol. The molecule has 6 rings (SSSR count). The van der Waals surface area contributed by atoms with Crippen molar-refractivity contribution in [3.05, 3.63) is 117 Å². The van der Waals surface area contributed by atoms with Crippen molar-refractivity contribution in [2.75, 3.05) is 23.5 Å². The molecule has 8 heteroatoms. The number of Topliss-reactive ketones (excluding diaryl/α,β-unsaturated/α-hetero) is 4. The Hall–Kier alpha value is -3.28. The van der Waals surface area contributed by atoms with Crippen LogP contribution in [-0.2, 0) is 12.8 Å². The Labute approximate surface area is 352 Å². The van der Waals surface area contributed by atoms with E-state index in [2.05, 4.69) is 13.8 Å². The van der Waals surface area contributed by atoms with Crippen LogP contribution >= 0.6 is 46.4 Å². The monoisotopic (exact) mass is 832 g/mol. The standard InChI is InChI=1S/C25H28Cl2O2.C23H24Cl2O2/c1-16(7-9-26)11-24(28)18-3-5-22-20(13-18)15-21-14-19(4-6-23(21)22)25(29)12-17(2)8-10-27;1-14(7-9-24)22(26)16-3-5-20-18(11-16)13-19-12-17(4-6-21(19)20)23(27)15(2)8-10-25/h3-6,13-14,16-17H,7-12,15H2,1-2H3;3-6,11-12,14-15H,7-10,13H2,1-2H3. The molecule has 4 nitrogen and oxygen atoms in total. The minimum absolute atomic E-state index is 0.0722. The van der Waals surface area contributed by atoms with Crippen molar-refractivity contribution in [2.45, 2.75) is 79.1 Å². The average molecular weight is 835 g/mol. The molecule has 0 saturated carbocycles. The number of fused-ring (bicyclic) bond motifs is 6. The summed E-state index contributed by atoms with van der Waals surface area (Å²) < 4.78 is 0. The lowest BCUT2D eigenvalue weighted by Crippen LogP contribution is -2.12. The first-order valence-corrected chi connectivity index (χ1v) is 21.9. The van der Waals surface area contributed by atoms with Gasteiger partial charge in [0.15, 0.2) is 23.1 Å². The van der Waals surface area contributed by atoms with E-state index in [0.717, 1.165) is 81.3 Å². The molecular formula is C48H52Cl4O4. The molecule has 296 valence electrons. The summed E-state index contributed by atoms with van der Waals surface area (Å²) in [6.45, 7) is 7.98. The zero-order chi connectivity index (χ0) is 40.5. The second-order valence-corrected chi connectivity index (χ2v) is 17.3. The number of rotatable bonds is 18. The maximum Gasteiger partial charge on any atom is 0.165 e. The molecule has 2 aliphatic rings. The Morgan fingerprint density at radius 2 is 0.732 bits per heavy atom. The third-order valence-electron chi connectivity index (χ3n) is 11.2. The number of benzene rings is 4. The van der Waals surface area contributed by atoms with E-state index >= 15 is 0 Å². The summed E-state index contributed by atoms with van der Waals surface area (Å²) in [6.07, 6.45) is 5.64. The van der Waals surface area contributed by atoms with Crippen molar-refractivity contribution < 1.29 is 19.2 Å². The summed E-state index contributed by atoms with van der Waals surface area (Å²) >= 11 is 23.1. The molecule has 56 heavy (non-hydrogen) atoms. The fraction of sp³-hybridized carbons (Fsp3) is 0.417. The minimum atomic E-state index is -0.0722. The number of carbonyl (C=O) groups is 4. The zero-order valence-corrected chi connectivity index (χ0v) is 35.9. The van der Waals surface area contributed by atoms with E-state index in [0.29, 0.717) is 61.0 Å². The van der Waals surface area contributed by atoms with Crippen molar-refractivity contribution in [3.8, 4) is 22.3 Å². The van der Waals surface area contributed by atoms with Crippen molar-refractivity contribution in [3.63, 3.8) is 0 Å². The van der Waals surface area contributed by atoms with E-state index in [1.807, 2.05) is 86.6 Å². The molecule has 4 atom stereocenters. The van der Waals surface area contributed by atoms with Crippen molar-refractivity contribution in [1.29, 1.82) is 0 Å². The first kappa shape index (κ1) is 43.8. The van der Waals surface area contributed by atoms with E-state index in [-0.39, 0.29) is 35.0 Å². The number of hydrogen-bond acceptors (Lipinski definition) is 4. The molecular weight excluding hydrogens is 782 g/mol. The summed E-state index contributed by atoms with van der Waals surface area (Å²) in [5.41, 5.74) is 12.3. The molecule has 0 saturated heterocycles. The van der Waals surface area contributed by atoms with Gasteiger partial charge in [0.25, 0.3) is 0 Å². The molecule has 0 heterocycles. The van der Waals surface area contributed by atoms with Crippen LogP contribution in [0.15, 0.2) is 72.8 Å². The van der Waals surface area contributed by atoms with E-state index < -0.39 is 0 Å². The van der Waals surface area contributed by atoms with E-state index in [1.54, 1.807) is 0 Å². The molecule has 0 bridgehead atoms. The highest BCUT2D eigenvalue weighted by Gasteiger charge is 2.25. The smallest absolute Gasteiger partial charge is 0.165 e. The van der Waals surface area contributed by atoms with Crippen molar-refractivity contribution in [1.82, 2.24) is 0 Å². The van der Waals surface area contributed by atoms with Crippen LogP contribution in [-0.4, -0.2) is 46.7 Å². The molecule has 0 amide bonds. The predicted octanol–water partition coefficient (Wildman–Crippen LogP) is 13.1. The van der Waals surface area contributed by atoms with Crippen LogP contribution in [0.1, 0.15) is 130 Å². The van der Waals surface area contributed by atoms with Crippen LogP contribution in [0.25, 0.3) is 22.3 Å². The Balaban J connectivity index is 0.000000215. The molecule has 0 fully saturated rings. The van der Waals surface area contributed by atoms with Gasteiger partial charge in [-0.15, -0.1) is 46.4 Å². The summed E-state index contributed by atoms with van der Waals surface area (Å²) in [6, 6.07) is 23.9. The Kier molecular flexibility index (Phi) is 16.0. The van der Waals surface area contributed by atoms with Gasteiger partial charge in [-0.05, 0) is 119 Å². The van der Waals surface area contributed by atoms with Crippen LogP contribution in [0.2, 0.25) is 0 Å². The lowest BCUT2D eigenvalue weighted by Gasteiger charge is -2.10. The third kappa shape index (κ3) is 10.6. The number of ketones is 4. The van der Waals surface area contributed by atoms with Gasteiger partial charge < -0.3 is 0 Å². The number of halogens is 4. The van der Waals surface area contributed by atoms with Crippen LogP contribution in [0, 0.1) is 23.7 Å². The highest BCUT2D eigenvalue weighted by atomic mass is 35.5. The van der Waals surface area contributed by atoms with E-state index in [4.69, 9.17) is 46.4 Å². The molecule has 0 aliphatic heterocycles. The molecule has 0 radical (unpaired) electrons. The van der Waals surface area contributed by atoms with Crippen LogP contribution in [0.5, 0.6) is 0 Å². The van der Waals surface area contributed by atoms with Crippen LogP contribution < -0.4 is 0 Å². The second kappa shape index (κ2) is 20.4. The topological polar surface area (TPSA) is 68.3 Å². The summed E-state index contributed by atoms with van der Waals surface area (Å²) in [5.74, 6) is 3.20. The lowest BCUT2D eigenvalue weighted by molar-refractivity contribution is 0.0920. The highest BCUT2D eigenvalue weighted by molar-refractivity contribution is 6.18. The first-order valence-electron chi connectivity index (χ1n) is 19.8. The van der Waals surface area contributed by atoms with Gasteiger partial charge in [-0.25, -0.2) is 0 Å². The molecule has 4 unspecified atom stereocenters. The fourth-order valence-electron chi connectivity index (χ4n) is 7.68. The molecule has 4 aromatic carbocycles. The molecule has 4 aromatic rings. The summed E-state index contributed by atoms with van der Waals surface area (Å²) in [5, 5.41) is 0. The SMILES string of the molecule is CC(CCCl)C(=O)c1ccc2c(c1)Cc1cc(C(=O)C(C)CCCl)ccc1-2.CC(CCCl)CC(=O)c1ccc2c(c1)Cc1cc(C(=O)CC(C)CCCl)ccc1-2. The lowest BCUT2D eigenvalue weighted by atomic mass is 9.93. The third-order valence-corrected chi connectivity index (χ3v) is 12.1. The van der Waals surface area contributed by atoms with Gasteiger partial charge in [-0.2, -0.15) is 0 Å². The van der Waals surface area contributed by atoms with Gasteiger partial charge in [0.1, 0.15) is 0 Å².